The molecule has 0 bridgehead atoms. The number of rotatable bonds is 4. The van der Waals surface area contributed by atoms with Gasteiger partial charge in [-0.2, -0.15) is 0 Å². The first-order valence-corrected chi connectivity index (χ1v) is 7.12. The van der Waals surface area contributed by atoms with Gasteiger partial charge in [0.1, 0.15) is 0 Å². The van der Waals surface area contributed by atoms with E-state index in [1.54, 1.807) is 6.07 Å². The molecule has 110 valence electrons. The predicted octanol–water partition coefficient (Wildman–Crippen LogP) is 0.554. The normalized spacial score (nSPS) is 17.1. The summed E-state index contributed by atoms with van der Waals surface area (Å²) in [6.07, 6.45) is 0. The van der Waals surface area contributed by atoms with Gasteiger partial charge in [-0.15, -0.1) is 0 Å². The summed E-state index contributed by atoms with van der Waals surface area (Å²) >= 11 is 0. The standard InChI is InChI=1S/C15H24N4O/c1-12-4-3-5-13(14(12)16)15(20)17-6-7-19-10-8-18(2)9-11-19/h3-5H,6-11,16H2,1-2H3,(H,17,20). The van der Waals surface area contributed by atoms with Crippen molar-refractivity contribution in [2.24, 2.45) is 0 Å². The fourth-order valence-electron chi connectivity index (χ4n) is 2.37. The lowest BCUT2D eigenvalue weighted by Crippen LogP contribution is -2.46. The molecule has 1 aromatic carbocycles. The Balaban J connectivity index is 1.79. The van der Waals surface area contributed by atoms with Crippen molar-refractivity contribution in [1.29, 1.82) is 0 Å². The fourth-order valence-corrected chi connectivity index (χ4v) is 2.37. The monoisotopic (exact) mass is 276 g/mol. The highest BCUT2D eigenvalue weighted by atomic mass is 16.1. The number of piperazine rings is 1. The summed E-state index contributed by atoms with van der Waals surface area (Å²) in [7, 11) is 2.14. The van der Waals surface area contributed by atoms with Crippen LogP contribution in [0.2, 0.25) is 0 Å². The molecule has 0 atom stereocenters. The molecule has 0 radical (unpaired) electrons. The minimum atomic E-state index is -0.0830. The Bertz CT molecular complexity index is 467. The molecule has 3 N–H and O–H groups in total. The molecule has 1 heterocycles. The van der Waals surface area contributed by atoms with Crippen LogP contribution in [-0.4, -0.2) is 62.0 Å². The SMILES string of the molecule is Cc1cccc(C(=O)NCCN2CCN(C)CC2)c1N. The van der Waals surface area contributed by atoms with E-state index in [0.717, 1.165) is 38.3 Å². The first-order valence-electron chi connectivity index (χ1n) is 7.12. The third kappa shape index (κ3) is 3.71. The smallest absolute Gasteiger partial charge is 0.253 e. The molecule has 0 aromatic heterocycles. The lowest BCUT2D eigenvalue weighted by atomic mass is 10.1. The van der Waals surface area contributed by atoms with Crippen LogP contribution in [-0.2, 0) is 0 Å². The van der Waals surface area contributed by atoms with Crippen molar-refractivity contribution in [2.45, 2.75) is 6.92 Å². The van der Waals surface area contributed by atoms with Gasteiger partial charge in [0.25, 0.3) is 5.91 Å². The van der Waals surface area contributed by atoms with E-state index in [4.69, 9.17) is 5.73 Å². The first-order chi connectivity index (χ1) is 9.58. The average molecular weight is 276 g/mol. The van der Waals surface area contributed by atoms with Gasteiger partial charge in [0.15, 0.2) is 0 Å². The molecule has 1 aliphatic rings. The highest BCUT2D eigenvalue weighted by Gasteiger charge is 2.14. The number of nitrogens with one attached hydrogen (secondary N) is 1. The van der Waals surface area contributed by atoms with Gasteiger partial charge in [0.05, 0.1) is 5.56 Å². The number of nitrogens with two attached hydrogens (primary N) is 1. The summed E-state index contributed by atoms with van der Waals surface area (Å²) in [6, 6.07) is 5.55. The van der Waals surface area contributed by atoms with Crippen LogP contribution < -0.4 is 11.1 Å². The number of amides is 1. The van der Waals surface area contributed by atoms with E-state index in [0.29, 0.717) is 17.8 Å². The Morgan fingerprint density at radius 1 is 1.30 bits per heavy atom. The third-order valence-corrected chi connectivity index (χ3v) is 3.88. The molecule has 0 saturated carbocycles. The van der Waals surface area contributed by atoms with Crippen molar-refractivity contribution in [3.8, 4) is 0 Å². The second kappa shape index (κ2) is 6.72. The van der Waals surface area contributed by atoms with Crippen molar-refractivity contribution >= 4 is 11.6 Å². The average Bonchev–Trinajstić information content (AvgIpc) is 2.44. The van der Waals surface area contributed by atoms with E-state index in [1.165, 1.54) is 0 Å². The summed E-state index contributed by atoms with van der Waals surface area (Å²) in [6.45, 7) is 7.80. The molecule has 2 rings (SSSR count). The minimum absolute atomic E-state index is 0.0830. The molecule has 20 heavy (non-hydrogen) atoms. The molecule has 0 unspecified atom stereocenters. The molecule has 1 amide bonds. The van der Waals surface area contributed by atoms with Crippen LogP contribution in [0.3, 0.4) is 0 Å². The van der Waals surface area contributed by atoms with Crippen LogP contribution in [0.1, 0.15) is 15.9 Å². The third-order valence-electron chi connectivity index (χ3n) is 3.88. The number of carbonyl (C=O) groups is 1. The van der Waals surface area contributed by atoms with Crippen molar-refractivity contribution in [3.63, 3.8) is 0 Å². The van der Waals surface area contributed by atoms with Crippen LogP contribution in [0.4, 0.5) is 5.69 Å². The van der Waals surface area contributed by atoms with Gasteiger partial charge >= 0.3 is 0 Å². The van der Waals surface area contributed by atoms with E-state index in [1.807, 2.05) is 19.1 Å². The zero-order valence-corrected chi connectivity index (χ0v) is 12.4. The van der Waals surface area contributed by atoms with Crippen LogP contribution >= 0.6 is 0 Å². The summed E-state index contributed by atoms with van der Waals surface area (Å²) in [5.74, 6) is -0.0830. The quantitative estimate of drug-likeness (QED) is 0.789. The summed E-state index contributed by atoms with van der Waals surface area (Å²) in [4.78, 5) is 16.8. The molecular weight excluding hydrogens is 252 g/mol. The number of anilines is 1. The molecule has 0 aliphatic carbocycles. The highest BCUT2D eigenvalue weighted by Crippen LogP contribution is 2.15. The van der Waals surface area contributed by atoms with E-state index in [-0.39, 0.29) is 5.91 Å². The molecule has 5 nitrogen and oxygen atoms in total. The van der Waals surface area contributed by atoms with Crippen molar-refractivity contribution in [3.05, 3.63) is 29.3 Å². The summed E-state index contributed by atoms with van der Waals surface area (Å²) in [5, 5.41) is 2.95. The topological polar surface area (TPSA) is 61.6 Å². The number of benzene rings is 1. The second-order valence-corrected chi connectivity index (χ2v) is 5.44. The summed E-state index contributed by atoms with van der Waals surface area (Å²) < 4.78 is 0. The van der Waals surface area contributed by atoms with Crippen molar-refractivity contribution in [2.75, 3.05) is 52.0 Å². The highest BCUT2D eigenvalue weighted by molar-refractivity contribution is 5.99. The van der Waals surface area contributed by atoms with E-state index in [9.17, 15) is 4.79 Å². The molecular formula is C15H24N4O. The van der Waals surface area contributed by atoms with Gasteiger partial charge in [0.2, 0.25) is 0 Å². The van der Waals surface area contributed by atoms with Gasteiger partial charge in [-0.3, -0.25) is 9.69 Å². The van der Waals surface area contributed by atoms with Crippen molar-refractivity contribution < 1.29 is 4.79 Å². The van der Waals surface area contributed by atoms with Gasteiger partial charge in [-0.25, -0.2) is 0 Å². The fraction of sp³-hybridized carbons (Fsp3) is 0.533. The number of aryl methyl sites for hydroxylation is 1. The largest absolute Gasteiger partial charge is 0.398 e. The molecule has 1 saturated heterocycles. The molecule has 1 aliphatic heterocycles. The summed E-state index contributed by atoms with van der Waals surface area (Å²) in [5.41, 5.74) is 8.02. The maximum atomic E-state index is 12.1. The number of hydrogen-bond donors (Lipinski definition) is 2. The maximum Gasteiger partial charge on any atom is 0.253 e. The molecule has 1 fully saturated rings. The first kappa shape index (κ1) is 14.8. The number of nitrogen functional groups attached to an aromatic ring is 1. The van der Waals surface area contributed by atoms with Crippen LogP contribution in [0.5, 0.6) is 0 Å². The second-order valence-electron chi connectivity index (χ2n) is 5.44. The van der Waals surface area contributed by atoms with Gasteiger partial charge in [0, 0.05) is 45.0 Å². The molecule has 1 aromatic rings. The molecule has 5 heteroatoms. The Labute approximate surface area is 120 Å². The Kier molecular flexibility index (Phi) is 4.98. The van der Waals surface area contributed by atoms with Gasteiger partial charge < -0.3 is 16.0 Å². The van der Waals surface area contributed by atoms with Gasteiger partial charge in [-0.1, -0.05) is 12.1 Å². The number of carbonyl (C=O) groups excluding carboxylic acids is 1. The van der Waals surface area contributed by atoms with E-state index >= 15 is 0 Å². The van der Waals surface area contributed by atoms with Crippen molar-refractivity contribution in [1.82, 2.24) is 15.1 Å². The zero-order valence-electron chi connectivity index (χ0n) is 12.4. The van der Waals surface area contributed by atoms with Crippen LogP contribution in [0.25, 0.3) is 0 Å². The maximum absolute atomic E-state index is 12.1. The number of para-hydroxylation sites is 1. The van der Waals surface area contributed by atoms with E-state index in [2.05, 4.69) is 22.2 Å². The number of likely N-dealkylation sites (N-methyl/N-ethyl adjacent to an activating group) is 1. The number of nitrogens with zero attached hydrogens (tertiary/aromatic N) is 2. The van der Waals surface area contributed by atoms with Gasteiger partial charge in [-0.05, 0) is 25.6 Å². The lowest BCUT2D eigenvalue weighted by Gasteiger charge is -2.32. The Morgan fingerprint density at radius 2 is 2.00 bits per heavy atom. The van der Waals surface area contributed by atoms with Crippen LogP contribution in [0, 0.1) is 6.92 Å². The predicted molar refractivity (Wildman–Crippen MR) is 81.9 cm³/mol. The van der Waals surface area contributed by atoms with Crippen LogP contribution in [0.15, 0.2) is 18.2 Å². The zero-order chi connectivity index (χ0) is 14.5. The Morgan fingerprint density at radius 3 is 2.70 bits per heavy atom. The Hall–Kier alpha value is -1.59. The minimum Gasteiger partial charge on any atom is -0.398 e. The lowest BCUT2D eigenvalue weighted by molar-refractivity contribution is 0.0942. The number of hydrogen-bond acceptors (Lipinski definition) is 4. The van der Waals surface area contributed by atoms with E-state index < -0.39 is 0 Å². The molecule has 0 spiro atoms.